The van der Waals surface area contributed by atoms with Crippen LogP contribution in [0, 0.1) is 17.8 Å². The standard InChI is InChI=1S/C41H78N2O12/c1-18-31(41(12,48)37(52-29(9)44)27(7)42(13)14)53-38(46)26(6)34(54-33-22-40(11,49-17)35(45)28(8)51-33)25(5)36(39(10,47)21-23(2)3)55-32-20-30(43(15)16)19-24(4)50-32/h23-28,30-37,45,47-48H,18-22H2,1-17H3/t24-,25+,26-,27-,28+,30?,31-,32+,33+,34+,35+,36-,37-,39?,40-,41-/m1/s1. The number of carbonyl (C=O) groups excluding carboxylic acids is 2. The van der Waals surface area contributed by atoms with E-state index in [1.165, 1.54) is 21.0 Å². The Morgan fingerprint density at radius 3 is 2.02 bits per heavy atom. The number of aliphatic hydroxyl groups excluding tert-OH is 1. The monoisotopic (exact) mass is 791 g/mol. The van der Waals surface area contributed by atoms with Gasteiger partial charge in [-0.25, -0.2) is 0 Å². The molecule has 0 aromatic heterocycles. The molecule has 2 heterocycles. The van der Waals surface area contributed by atoms with Crippen molar-refractivity contribution in [2.45, 2.75) is 199 Å². The number of hydrogen-bond donors (Lipinski definition) is 3. The summed E-state index contributed by atoms with van der Waals surface area (Å²) in [5, 5.41) is 35.2. The van der Waals surface area contributed by atoms with Gasteiger partial charge in [-0.15, -0.1) is 0 Å². The van der Waals surface area contributed by atoms with E-state index in [2.05, 4.69) is 4.90 Å². The lowest BCUT2D eigenvalue weighted by molar-refractivity contribution is -0.308. The Kier molecular flexibility index (Phi) is 18.5. The third-order valence-electron chi connectivity index (χ3n) is 12.0. The predicted octanol–water partition coefficient (Wildman–Crippen LogP) is 4.14. The highest BCUT2D eigenvalue weighted by molar-refractivity contribution is 5.73. The first kappa shape index (κ1) is 49.7. The number of esters is 2. The number of carbonyl (C=O) groups is 2. The molecule has 0 spiro atoms. The zero-order chi connectivity index (χ0) is 42.4. The van der Waals surface area contributed by atoms with E-state index in [1.807, 2.05) is 67.7 Å². The summed E-state index contributed by atoms with van der Waals surface area (Å²) in [4.78, 5) is 30.6. The second-order valence-corrected chi connectivity index (χ2v) is 18.0. The van der Waals surface area contributed by atoms with Gasteiger partial charge in [0, 0.05) is 44.9 Å². The van der Waals surface area contributed by atoms with Crippen molar-refractivity contribution >= 4 is 11.9 Å². The molecule has 0 radical (unpaired) electrons. The fourth-order valence-electron chi connectivity index (χ4n) is 8.50. The van der Waals surface area contributed by atoms with Crippen LogP contribution < -0.4 is 0 Å². The molecule has 324 valence electrons. The van der Waals surface area contributed by atoms with Crippen LogP contribution in [0.2, 0.25) is 0 Å². The highest BCUT2D eigenvalue weighted by Crippen LogP contribution is 2.39. The first-order chi connectivity index (χ1) is 25.2. The van der Waals surface area contributed by atoms with Gasteiger partial charge >= 0.3 is 11.9 Å². The molecule has 3 N–H and O–H groups in total. The van der Waals surface area contributed by atoms with Gasteiger partial charge in [-0.05, 0) is 102 Å². The van der Waals surface area contributed by atoms with Gasteiger partial charge in [0.25, 0.3) is 0 Å². The SMILES string of the molecule is CC[C@@H](OC(=O)[C@H](C)[C@@H](O[C@H]1C[C@@](C)(OC)[C@@H](O)[C@H](C)O1)[C@H](C)[C@@H](O[C@H]1CC(N(C)C)C[C@@H](C)O1)C(C)(O)CC(C)C)[C@@](C)(O)[C@H](OC(C)=O)[C@@H](C)N(C)C. The molecule has 55 heavy (non-hydrogen) atoms. The van der Waals surface area contributed by atoms with Crippen LogP contribution in [0.15, 0.2) is 0 Å². The van der Waals surface area contributed by atoms with Crippen molar-refractivity contribution in [3.63, 3.8) is 0 Å². The maximum atomic E-state index is 14.4. The smallest absolute Gasteiger partial charge is 0.311 e. The van der Waals surface area contributed by atoms with E-state index < -0.39 is 95.8 Å². The summed E-state index contributed by atoms with van der Waals surface area (Å²) in [5.74, 6) is -2.78. The largest absolute Gasteiger partial charge is 0.459 e. The summed E-state index contributed by atoms with van der Waals surface area (Å²) in [6.45, 7) is 21.3. The van der Waals surface area contributed by atoms with Gasteiger partial charge in [0.1, 0.15) is 23.9 Å². The van der Waals surface area contributed by atoms with Gasteiger partial charge in [0.15, 0.2) is 12.6 Å². The fourth-order valence-corrected chi connectivity index (χ4v) is 8.50. The molecule has 0 aromatic carbocycles. The van der Waals surface area contributed by atoms with Crippen LogP contribution in [0.5, 0.6) is 0 Å². The lowest BCUT2D eigenvalue weighted by Gasteiger charge is -2.48. The molecule has 14 nitrogen and oxygen atoms in total. The van der Waals surface area contributed by atoms with Crippen molar-refractivity contribution in [2.24, 2.45) is 17.8 Å². The van der Waals surface area contributed by atoms with Crippen LogP contribution >= 0.6 is 0 Å². The molecule has 2 saturated heterocycles. The van der Waals surface area contributed by atoms with E-state index in [0.717, 1.165) is 6.42 Å². The van der Waals surface area contributed by atoms with E-state index in [1.54, 1.807) is 34.6 Å². The van der Waals surface area contributed by atoms with Crippen LogP contribution in [-0.2, 0) is 42.7 Å². The van der Waals surface area contributed by atoms with Gasteiger partial charge in [-0.1, -0.05) is 27.7 Å². The van der Waals surface area contributed by atoms with Crippen molar-refractivity contribution in [3.05, 3.63) is 0 Å². The number of rotatable bonds is 20. The minimum atomic E-state index is -1.77. The molecule has 16 atom stereocenters. The quantitative estimate of drug-likeness (QED) is 0.151. The Morgan fingerprint density at radius 1 is 0.927 bits per heavy atom. The number of likely N-dealkylation sites (N-methyl/N-ethyl adjacent to an activating group) is 1. The Hall–Kier alpha value is -1.46. The zero-order valence-corrected chi connectivity index (χ0v) is 37.0. The average Bonchev–Trinajstić information content (AvgIpc) is 3.07. The molecule has 2 rings (SSSR count). The molecule has 2 aliphatic rings. The highest BCUT2D eigenvalue weighted by atomic mass is 16.7. The Balaban J connectivity index is 2.64. The van der Waals surface area contributed by atoms with Crippen LogP contribution in [0.3, 0.4) is 0 Å². The third kappa shape index (κ3) is 13.0. The summed E-state index contributed by atoms with van der Waals surface area (Å²) >= 11 is 0. The number of ether oxygens (including phenoxy) is 7. The van der Waals surface area contributed by atoms with E-state index >= 15 is 0 Å². The Labute approximate surface area is 331 Å². The summed E-state index contributed by atoms with van der Waals surface area (Å²) in [7, 11) is 9.19. The third-order valence-corrected chi connectivity index (χ3v) is 12.0. The van der Waals surface area contributed by atoms with E-state index in [9.17, 15) is 24.9 Å². The molecule has 0 aromatic rings. The minimum absolute atomic E-state index is 0.0850. The summed E-state index contributed by atoms with van der Waals surface area (Å²) in [6, 6.07) is -0.227. The van der Waals surface area contributed by atoms with E-state index in [4.69, 9.17) is 33.2 Å². The summed E-state index contributed by atoms with van der Waals surface area (Å²) in [6.07, 6.45) is -5.00. The van der Waals surface area contributed by atoms with Crippen LogP contribution in [0.25, 0.3) is 0 Å². The van der Waals surface area contributed by atoms with Gasteiger partial charge in [0.05, 0.1) is 41.5 Å². The normalized spacial score (nSPS) is 32.5. The van der Waals surface area contributed by atoms with E-state index in [0.29, 0.717) is 12.8 Å². The second kappa shape index (κ2) is 20.5. The summed E-state index contributed by atoms with van der Waals surface area (Å²) in [5.41, 5.74) is -4.17. The number of methoxy groups -OCH3 is 1. The predicted molar refractivity (Wildman–Crippen MR) is 209 cm³/mol. The van der Waals surface area contributed by atoms with Crippen LogP contribution in [0.1, 0.15) is 115 Å². The molecule has 0 bridgehead atoms. The lowest BCUT2D eigenvalue weighted by atomic mass is 9.78. The number of hydrogen-bond acceptors (Lipinski definition) is 14. The van der Waals surface area contributed by atoms with Crippen molar-refractivity contribution in [1.29, 1.82) is 0 Å². The molecule has 14 heteroatoms. The van der Waals surface area contributed by atoms with Crippen molar-refractivity contribution in [2.75, 3.05) is 35.3 Å². The maximum absolute atomic E-state index is 14.4. The minimum Gasteiger partial charge on any atom is -0.459 e. The Morgan fingerprint density at radius 2 is 1.53 bits per heavy atom. The Bertz CT molecular complexity index is 1200. The fraction of sp³-hybridized carbons (Fsp3) is 0.951. The zero-order valence-electron chi connectivity index (χ0n) is 37.0. The van der Waals surface area contributed by atoms with Gasteiger partial charge < -0.3 is 58.3 Å². The molecule has 2 fully saturated rings. The summed E-state index contributed by atoms with van der Waals surface area (Å²) < 4.78 is 43.7. The van der Waals surface area contributed by atoms with Crippen molar-refractivity contribution < 1.29 is 58.1 Å². The second-order valence-electron chi connectivity index (χ2n) is 18.0. The molecular formula is C41H78N2O12. The highest BCUT2D eigenvalue weighted by Gasteiger charge is 2.52. The van der Waals surface area contributed by atoms with Crippen LogP contribution in [0.4, 0.5) is 0 Å². The number of nitrogens with zero attached hydrogens (tertiary/aromatic N) is 2. The molecule has 0 saturated carbocycles. The van der Waals surface area contributed by atoms with Crippen LogP contribution in [-0.4, -0.2) is 157 Å². The first-order valence-corrected chi connectivity index (χ1v) is 20.2. The van der Waals surface area contributed by atoms with E-state index in [-0.39, 0.29) is 30.9 Å². The molecular weight excluding hydrogens is 712 g/mol. The van der Waals surface area contributed by atoms with Crippen molar-refractivity contribution in [1.82, 2.24) is 9.80 Å². The number of aliphatic hydroxyl groups is 3. The topological polar surface area (TPSA) is 166 Å². The molecule has 2 unspecified atom stereocenters. The molecule has 0 aliphatic carbocycles. The molecule has 0 amide bonds. The average molecular weight is 791 g/mol. The van der Waals surface area contributed by atoms with Crippen molar-refractivity contribution in [3.8, 4) is 0 Å². The lowest BCUT2D eigenvalue weighted by Crippen LogP contribution is -2.60. The first-order valence-electron chi connectivity index (χ1n) is 20.2. The van der Waals surface area contributed by atoms with Gasteiger partial charge in [-0.3, -0.25) is 9.59 Å². The van der Waals surface area contributed by atoms with Gasteiger partial charge in [-0.2, -0.15) is 0 Å². The maximum Gasteiger partial charge on any atom is 0.311 e. The van der Waals surface area contributed by atoms with Gasteiger partial charge in [0.2, 0.25) is 0 Å². The molecule has 2 aliphatic heterocycles.